The molecule has 1 amide bonds. The molecule has 0 atom stereocenters. The van der Waals surface area contributed by atoms with E-state index in [4.69, 9.17) is 14.8 Å². The number of carbonyl (C=O) groups excluding carboxylic acids is 1. The molecule has 2 aliphatic heterocycles. The predicted octanol–water partition coefficient (Wildman–Crippen LogP) is 3.32. The lowest BCUT2D eigenvalue weighted by Crippen LogP contribution is -2.35. The molecule has 4 heterocycles. The molecule has 156 valence electrons. The van der Waals surface area contributed by atoms with Crippen LogP contribution in [0.4, 0.5) is 5.82 Å². The zero-order chi connectivity index (χ0) is 20.7. The first-order valence-corrected chi connectivity index (χ1v) is 10.8. The van der Waals surface area contributed by atoms with E-state index in [1.165, 1.54) is 12.8 Å². The molecule has 30 heavy (non-hydrogen) atoms. The zero-order valence-electron chi connectivity index (χ0n) is 17.5. The molecule has 5 rings (SSSR count). The van der Waals surface area contributed by atoms with E-state index in [0.717, 1.165) is 48.0 Å². The maximum absolute atomic E-state index is 13.2. The van der Waals surface area contributed by atoms with Crippen LogP contribution in [0.15, 0.2) is 36.5 Å². The van der Waals surface area contributed by atoms with E-state index in [1.54, 1.807) is 0 Å². The first-order valence-electron chi connectivity index (χ1n) is 10.8. The molecule has 2 aromatic heterocycles. The Labute approximate surface area is 176 Å². The minimum Gasteiger partial charge on any atom is -0.491 e. The molecule has 1 saturated heterocycles. The van der Waals surface area contributed by atoms with Gasteiger partial charge in [0, 0.05) is 43.4 Å². The number of ether oxygens (including phenoxy) is 1. The van der Waals surface area contributed by atoms with Gasteiger partial charge in [-0.15, -0.1) is 0 Å². The fourth-order valence-corrected chi connectivity index (χ4v) is 4.34. The smallest absolute Gasteiger partial charge is 0.254 e. The van der Waals surface area contributed by atoms with Gasteiger partial charge in [-0.1, -0.05) is 6.07 Å². The topological polar surface area (TPSA) is 63.0 Å². The Hall–Kier alpha value is -3.09. The number of rotatable bonds is 4. The fourth-order valence-electron chi connectivity index (χ4n) is 4.34. The maximum Gasteiger partial charge on any atom is 0.254 e. The summed E-state index contributed by atoms with van der Waals surface area (Å²) in [6, 6.07) is 9.49. The summed E-state index contributed by atoms with van der Waals surface area (Å²) in [6.45, 7) is 7.26. The summed E-state index contributed by atoms with van der Waals surface area (Å²) in [5, 5.41) is 4.71. The zero-order valence-corrected chi connectivity index (χ0v) is 17.5. The van der Waals surface area contributed by atoms with E-state index < -0.39 is 0 Å². The lowest BCUT2D eigenvalue weighted by Gasteiger charge is -2.26. The summed E-state index contributed by atoms with van der Waals surface area (Å²) in [5.74, 6) is 1.75. The van der Waals surface area contributed by atoms with Crippen molar-refractivity contribution in [3.63, 3.8) is 0 Å². The van der Waals surface area contributed by atoms with Crippen molar-refractivity contribution in [1.82, 2.24) is 19.5 Å². The standard InChI is InChI=1S/C23H27N5O2/c1-16(2)30-18-7-5-6-17(14-18)23(29)27-12-8-20-19(15-27)22-24-21(9-13-28(22)25-20)26-10-3-4-11-26/h5-7,9,13-14,16H,3-4,8,10-12,15H2,1-2H3. The van der Waals surface area contributed by atoms with Crippen molar-refractivity contribution in [2.75, 3.05) is 24.5 Å². The van der Waals surface area contributed by atoms with E-state index in [0.29, 0.717) is 18.7 Å². The summed E-state index contributed by atoms with van der Waals surface area (Å²) in [6.07, 6.45) is 5.24. The molecular formula is C23H27N5O2. The van der Waals surface area contributed by atoms with Crippen LogP contribution in [0.25, 0.3) is 5.65 Å². The largest absolute Gasteiger partial charge is 0.491 e. The van der Waals surface area contributed by atoms with Gasteiger partial charge in [0.25, 0.3) is 5.91 Å². The number of hydrogen-bond donors (Lipinski definition) is 0. The molecule has 0 spiro atoms. The second-order valence-corrected chi connectivity index (χ2v) is 8.34. The van der Waals surface area contributed by atoms with Crippen molar-refractivity contribution in [2.24, 2.45) is 0 Å². The molecule has 1 aromatic carbocycles. The van der Waals surface area contributed by atoms with Crippen LogP contribution < -0.4 is 9.64 Å². The molecule has 7 nitrogen and oxygen atoms in total. The van der Waals surface area contributed by atoms with Crippen molar-refractivity contribution in [1.29, 1.82) is 0 Å². The number of anilines is 1. The van der Waals surface area contributed by atoms with Crippen LogP contribution in [-0.2, 0) is 13.0 Å². The van der Waals surface area contributed by atoms with Crippen LogP contribution in [0, 0.1) is 0 Å². The van der Waals surface area contributed by atoms with Gasteiger partial charge in [-0.05, 0) is 51.0 Å². The quantitative estimate of drug-likeness (QED) is 0.666. The summed E-state index contributed by atoms with van der Waals surface area (Å²) in [5.41, 5.74) is 3.62. The Bertz CT molecular complexity index is 1080. The SMILES string of the molecule is CC(C)Oc1cccc(C(=O)N2CCc3nn4ccc(N5CCCC5)nc4c3C2)c1. The lowest BCUT2D eigenvalue weighted by atomic mass is 10.1. The molecule has 0 saturated carbocycles. The number of nitrogens with zero attached hydrogens (tertiary/aromatic N) is 5. The molecule has 0 unspecified atom stereocenters. The molecule has 0 aliphatic carbocycles. The highest BCUT2D eigenvalue weighted by Crippen LogP contribution is 2.26. The molecule has 1 fully saturated rings. The number of amides is 1. The first-order chi connectivity index (χ1) is 14.6. The molecular weight excluding hydrogens is 378 g/mol. The third-order valence-corrected chi connectivity index (χ3v) is 5.79. The Morgan fingerprint density at radius 1 is 1.13 bits per heavy atom. The van der Waals surface area contributed by atoms with Gasteiger partial charge in [0.2, 0.25) is 0 Å². The Morgan fingerprint density at radius 3 is 2.77 bits per heavy atom. The van der Waals surface area contributed by atoms with Crippen molar-refractivity contribution in [3.8, 4) is 5.75 Å². The van der Waals surface area contributed by atoms with E-state index in [-0.39, 0.29) is 12.0 Å². The Kier molecular flexibility index (Phi) is 4.81. The van der Waals surface area contributed by atoms with Crippen LogP contribution in [0.3, 0.4) is 0 Å². The highest BCUT2D eigenvalue weighted by Gasteiger charge is 2.27. The third kappa shape index (κ3) is 3.49. The van der Waals surface area contributed by atoms with Gasteiger partial charge >= 0.3 is 0 Å². The van der Waals surface area contributed by atoms with E-state index >= 15 is 0 Å². The fraction of sp³-hybridized carbons (Fsp3) is 0.435. The summed E-state index contributed by atoms with van der Waals surface area (Å²) >= 11 is 0. The number of aromatic nitrogens is 3. The van der Waals surface area contributed by atoms with E-state index in [9.17, 15) is 4.79 Å². The normalized spacial score (nSPS) is 16.4. The van der Waals surface area contributed by atoms with Crippen molar-refractivity contribution >= 4 is 17.4 Å². The molecule has 0 radical (unpaired) electrons. The summed E-state index contributed by atoms with van der Waals surface area (Å²) < 4.78 is 7.61. The lowest BCUT2D eigenvalue weighted by molar-refractivity contribution is 0.0734. The van der Waals surface area contributed by atoms with Gasteiger partial charge in [0.1, 0.15) is 11.6 Å². The molecule has 2 aliphatic rings. The minimum absolute atomic E-state index is 0.0184. The summed E-state index contributed by atoms with van der Waals surface area (Å²) in [4.78, 5) is 22.3. The third-order valence-electron chi connectivity index (χ3n) is 5.79. The van der Waals surface area contributed by atoms with Gasteiger partial charge in [0.05, 0.1) is 18.3 Å². The van der Waals surface area contributed by atoms with Gasteiger partial charge in [-0.3, -0.25) is 4.79 Å². The number of hydrogen-bond acceptors (Lipinski definition) is 5. The van der Waals surface area contributed by atoms with Crippen LogP contribution in [0.1, 0.15) is 48.3 Å². The van der Waals surface area contributed by atoms with E-state index in [2.05, 4.69) is 4.90 Å². The number of carbonyl (C=O) groups is 1. The molecule has 0 bridgehead atoms. The van der Waals surface area contributed by atoms with Crippen molar-refractivity contribution in [3.05, 3.63) is 53.3 Å². The van der Waals surface area contributed by atoms with Crippen LogP contribution >= 0.6 is 0 Å². The Balaban J connectivity index is 1.41. The average molecular weight is 406 g/mol. The summed E-state index contributed by atoms with van der Waals surface area (Å²) in [7, 11) is 0. The number of benzene rings is 1. The molecule has 7 heteroatoms. The van der Waals surface area contributed by atoms with Gasteiger partial charge in [-0.2, -0.15) is 5.10 Å². The maximum atomic E-state index is 13.2. The second kappa shape index (κ2) is 7.63. The van der Waals surface area contributed by atoms with Crippen LogP contribution in [-0.4, -0.2) is 51.1 Å². The number of fused-ring (bicyclic) bond motifs is 3. The minimum atomic E-state index is 0.0184. The van der Waals surface area contributed by atoms with Crippen LogP contribution in [0.2, 0.25) is 0 Å². The van der Waals surface area contributed by atoms with Crippen molar-refractivity contribution in [2.45, 2.75) is 45.8 Å². The average Bonchev–Trinajstić information content (AvgIpc) is 3.40. The monoisotopic (exact) mass is 405 g/mol. The highest BCUT2D eigenvalue weighted by molar-refractivity contribution is 5.94. The molecule has 3 aromatic rings. The van der Waals surface area contributed by atoms with Crippen LogP contribution in [0.5, 0.6) is 5.75 Å². The van der Waals surface area contributed by atoms with Crippen molar-refractivity contribution < 1.29 is 9.53 Å². The first kappa shape index (κ1) is 18.9. The Morgan fingerprint density at radius 2 is 1.97 bits per heavy atom. The second-order valence-electron chi connectivity index (χ2n) is 8.34. The highest BCUT2D eigenvalue weighted by atomic mass is 16.5. The molecule has 0 N–H and O–H groups in total. The van der Waals surface area contributed by atoms with Gasteiger partial charge in [-0.25, -0.2) is 9.50 Å². The van der Waals surface area contributed by atoms with E-state index in [1.807, 2.05) is 59.8 Å². The van der Waals surface area contributed by atoms with Gasteiger partial charge < -0.3 is 14.5 Å². The predicted molar refractivity (Wildman–Crippen MR) is 115 cm³/mol. The van der Waals surface area contributed by atoms with Gasteiger partial charge in [0.15, 0.2) is 5.65 Å².